The van der Waals surface area contributed by atoms with Crippen molar-refractivity contribution in [3.8, 4) is 35.1 Å². The van der Waals surface area contributed by atoms with Crippen LogP contribution < -0.4 is 24.3 Å². The molecule has 0 saturated carbocycles. The minimum atomic E-state index is -0.562. The van der Waals surface area contributed by atoms with Crippen molar-refractivity contribution in [2.24, 2.45) is 0 Å². The number of hydrogen-bond acceptors (Lipinski definition) is 7. The van der Waals surface area contributed by atoms with Gasteiger partial charge in [0.15, 0.2) is 11.5 Å². The number of carbonyl (C=O) groups is 1. The van der Waals surface area contributed by atoms with E-state index in [0.717, 1.165) is 5.56 Å². The maximum absolute atomic E-state index is 12.8. The Morgan fingerprint density at radius 3 is 2.47 bits per heavy atom. The monoisotopic (exact) mass is 531 g/mol. The van der Waals surface area contributed by atoms with Crippen molar-refractivity contribution in [1.82, 2.24) is 5.32 Å². The molecule has 0 unspecified atom stereocenters. The van der Waals surface area contributed by atoms with Crippen molar-refractivity contribution in [1.29, 1.82) is 10.5 Å². The number of ether oxygens (including phenoxy) is 4. The minimum Gasteiger partial charge on any atom is -0.497 e. The maximum Gasteiger partial charge on any atom is 0.262 e. The fourth-order valence-corrected chi connectivity index (χ4v) is 3.84. The van der Waals surface area contributed by atoms with Gasteiger partial charge < -0.3 is 24.3 Å². The first kappa shape index (κ1) is 27.9. The molecule has 3 rings (SSSR count). The van der Waals surface area contributed by atoms with Crippen LogP contribution in [0.25, 0.3) is 6.08 Å². The van der Waals surface area contributed by atoms with Crippen molar-refractivity contribution in [3.63, 3.8) is 0 Å². The van der Waals surface area contributed by atoms with Crippen LogP contribution in [0.2, 0.25) is 5.02 Å². The van der Waals surface area contributed by atoms with Crippen molar-refractivity contribution in [2.45, 2.75) is 20.1 Å². The Balaban J connectivity index is 1.80. The van der Waals surface area contributed by atoms with Crippen LogP contribution in [0.3, 0.4) is 0 Å². The van der Waals surface area contributed by atoms with Crippen LogP contribution in [0.15, 0.2) is 60.2 Å². The predicted octanol–water partition coefficient (Wildman–Crippen LogP) is 5.43. The average molecular weight is 532 g/mol. The normalized spacial score (nSPS) is 10.6. The molecule has 0 aliphatic heterocycles. The Morgan fingerprint density at radius 2 is 1.79 bits per heavy atom. The molecule has 0 fully saturated rings. The van der Waals surface area contributed by atoms with Gasteiger partial charge >= 0.3 is 0 Å². The molecule has 38 heavy (non-hydrogen) atoms. The van der Waals surface area contributed by atoms with Gasteiger partial charge in [0.2, 0.25) is 0 Å². The van der Waals surface area contributed by atoms with Crippen LogP contribution in [-0.4, -0.2) is 26.7 Å². The van der Waals surface area contributed by atoms with Crippen LogP contribution in [0.5, 0.6) is 23.0 Å². The Bertz CT molecular complexity index is 1420. The van der Waals surface area contributed by atoms with Crippen molar-refractivity contribution in [2.75, 3.05) is 20.8 Å². The van der Waals surface area contributed by atoms with Crippen LogP contribution in [0.1, 0.15) is 29.2 Å². The van der Waals surface area contributed by atoms with Gasteiger partial charge in [0.05, 0.1) is 37.5 Å². The van der Waals surface area contributed by atoms with E-state index in [1.165, 1.54) is 13.2 Å². The second kappa shape index (κ2) is 13.6. The Hall–Kier alpha value is -4.66. The summed E-state index contributed by atoms with van der Waals surface area (Å²) < 4.78 is 22.2. The van der Waals surface area contributed by atoms with Gasteiger partial charge in [0, 0.05) is 23.7 Å². The lowest BCUT2D eigenvalue weighted by Crippen LogP contribution is -2.24. The third-order valence-electron chi connectivity index (χ3n) is 5.45. The fourth-order valence-electron chi connectivity index (χ4n) is 3.56. The van der Waals surface area contributed by atoms with E-state index < -0.39 is 5.91 Å². The van der Waals surface area contributed by atoms with Crippen molar-refractivity contribution >= 4 is 23.6 Å². The Labute approximate surface area is 226 Å². The minimum absolute atomic E-state index is 0.111. The van der Waals surface area contributed by atoms with Gasteiger partial charge in [-0.2, -0.15) is 10.5 Å². The van der Waals surface area contributed by atoms with E-state index in [4.69, 9.17) is 30.5 Å². The lowest BCUT2D eigenvalue weighted by atomic mass is 10.1. The number of rotatable bonds is 11. The molecule has 0 radical (unpaired) electrons. The highest BCUT2D eigenvalue weighted by molar-refractivity contribution is 6.32. The number of halogens is 1. The smallest absolute Gasteiger partial charge is 0.262 e. The zero-order valence-electron chi connectivity index (χ0n) is 21.2. The molecule has 8 nitrogen and oxygen atoms in total. The molecule has 0 aromatic heterocycles. The van der Waals surface area contributed by atoms with Gasteiger partial charge in [-0.05, 0) is 48.9 Å². The standard InChI is InChI=1S/C29H26ClN3O5/c1-4-37-27-13-19(12-25(30)28(27)38-18-22-8-6-5-7-20(22)15-31)11-23(16-32)29(34)33-17-21-9-10-24(35-2)14-26(21)36-3/h5-14H,4,17-18H2,1-3H3,(H,33,34)/b23-11+. The molecule has 3 aromatic carbocycles. The van der Waals surface area contributed by atoms with Gasteiger partial charge in [-0.25, -0.2) is 0 Å². The SMILES string of the molecule is CCOc1cc(/C=C(\C#N)C(=O)NCc2ccc(OC)cc2OC)cc(Cl)c1OCc1ccccc1C#N. The molecule has 194 valence electrons. The number of amides is 1. The molecule has 0 aliphatic rings. The molecule has 0 spiro atoms. The van der Waals surface area contributed by atoms with Crippen LogP contribution in [0.4, 0.5) is 0 Å². The van der Waals surface area contributed by atoms with Crippen LogP contribution >= 0.6 is 11.6 Å². The van der Waals surface area contributed by atoms with Gasteiger partial charge in [-0.3, -0.25) is 4.79 Å². The van der Waals surface area contributed by atoms with E-state index >= 15 is 0 Å². The number of benzene rings is 3. The van der Waals surface area contributed by atoms with Crippen molar-refractivity contribution in [3.05, 3.63) is 87.4 Å². The van der Waals surface area contributed by atoms with Crippen LogP contribution in [0, 0.1) is 22.7 Å². The number of nitriles is 2. The Morgan fingerprint density at radius 1 is 1.00 bits per heavy atom. The molecule has 3 aromatic rings. The number of methoxy groups -OCH3 is 2. The summed E-state index contributed by atoms with van der Waals surface area (Å²) in [5.41, 5.74) is 2.29. The van der Waals surface area contributed by atoms with E-state index in [2.05, 4.69) is 11.4 Å². The molecule has 1 amide bonds. The van der Waals surface area contributed by atoms with E-state index in [1.807, 2.05) is 19.1 Å². The quantitative estimate of drug-likeness (QED) is 0.259. The topological polar surface area (TPSA) is 114 Å². The zero-order chi connectivity index (χ0) is 27.5. The first-order valence-electron chi connectivity index (χ1n) is 11.6. The molecule has 9 heteroatoms. The average Bonchev–Trinajstić information content (AvgIpc) is 2.94. The molecule has 0 saturated heterocycles. The first-order valence-corrected chi connectivity index (χ1v) is 12.0. The molecule has 0 aliphatic carbocycles. The maximum atomic E-state index is 12.8. The fraction of sp³-hybridized carbons (Fsp3) is 0.207. The highest BCUT2D eigenvalue weighted by Crippen LogP contribution is 2.38. The summed E-state index contributed by atoms with van der Waals surface area (Å²) >= 11 is 6.51. The third kappa shape index (κ3) is 6.97. The first-order chi connectivity index (χ1) is 18.4. The number of carbonyl (C=O) groups excluding carboxylic acids is 1. The van der Waals surface area contributed by atoms with Crippen LogP contribution in [-0.2, 0) is 17.9 Å². The van der Waals surface area contributed by atoms with E-state index in [-0.39, 0.29) is 23.7 Å². The summed E-state index contributed by atoms with van der Waals surface area (Å²) in [7, 11) is 3.08. The second-order valence-corrected chi connectivity index (χ2v) is 8.26. The number of nitrogens with zero attached hydrogens (tertiary/aromatic N) is 2. The summed E-state index contributed by atoms with van der Waals surface area (Å²) in [5, 5.41) is 21.9. The van der Waals surface area contributed by atoms with E-state index in [1.54, 1.807) is 55.6 Å². The Kier molecular flexibility index (Phi) is 9.99. The molecule has 0 heterocycles. The summed E-state index contributed by atoms with van der Waals surface area (Å²) in [6, 6.07) is 19.6. The molecule has 0 atom stereocenters. The van der Waals surface area contributed by atoms with Gasteiger partial charge in [0.25, 0.3) is 5.91 Å². The lowest BCUT2D eigenvalue weighted by molar-refractivity contribution is -0.117. The van der Waals surface area contributed by atoms with Crippen molar-refractivity contribution < 1.29 is 23.7 Å². The third-order valence-corrected chi connectivity index (χ3v) is 5.73. The molecular formula is C29H26ClN3O5. The highest BCUT2D eigenvalue weighted by atomic mass is 35.5. The second-order valence-electron chi connectivity index (χ2n) is 7.85. The molecular weight excluding hydrogens is 506 g/mol. The predicted molar refractivity (Wildman–Crippen MR) is 143 cm³/mol. The lowest BCUT2D eigenvalue weighted by Gasteiger charge is -2.15. The summed E-state index contributed by atoms with van der Waals surface area (Å²) in [6.07, 6.45) is 1.42. The van der Waals surface area contributed by atoms with Gasteiger partial charge in [-0.15, -0.1) is 0 Å². The highest BCUT2D eigenvalue weighted by Gasteiger charge is 2.16. The molecule has 0 bridgehead atoms. The number of hydrogen-bond donors (Lipinski definition) is 1. The summed E-state index contributed by atoms with van der Waals surface area (Å²) in [4.78, 5) is 12.8. The van der Waals surface area contributed by atoms with Gasteiger partial charge in [-0.1, -0.05) is 29.8 Å². The van der Waals surface area contributed by atoms with Gasteiger partial charge in [0.1, 0.15) is 29.7 Å². The van der Waals surface area contributed by atoms with E-state index in [0.29, 0.717) is 46.3 Å². The molecule has 1 N–H and O–H groups in total. The summed E-state index contributed by atoms with van der Waals surface area (Å²) in [6.45, 7) is 2.41. The largest absolute Gasteiger partial charge is 0.497 e. The summed E-state index contributed by atoms with van der Waals surface area (Å²) in [5.74, 6) is 1.26. The van der Waals surface area contributed by atoms with E-state index in [9.17, 15) is 15.3 Å². The zero-order valence-corrected chi connectivity index (χ0v) is 22.0. The number of nitrogens with one attached hydrogen (secondary N) is 1.